The van der Waals surface area contributed by atoms with Crippen molar-refractivity contribution in [3.63, 3.8) is 0 Å². The predicted octanol–water partition coefficient (Wildman–Crippen LogP) is 2.60. The Labute approximate surface area is 161 Å². The molecule has 1 aromatic heterocycles. The first kappa shape index (κ1) is 19.5. The number of ether oxygens (including phenoxy) is 1. The molecule has 0 spiro atoms. The van der Waals surface area contributed by atoms with Crippen LogP contribution in [0.4, 0.5) is 0 Å². The summed E-state index contributed by atoms with van der Waals surface area (Å²) in [7, 11) is 0. The molecule has 1 saturated heterocycles. The maximum absolute atomic E-state index is 12.8. The summed E-state index contributed by atoms with van der Waals surface area (Å²) in [6.07, 6.45) is 1.75. The standard InChI is InChI=1S/C21H28N4O2/c1-15-13-22-16(2)19(23-15)17-6-5-7-18(12-17)20(26)24-21(3,4)14-25-8-10-27-11-9-25/h5-7,12-13H,8-11,14H2,1-4H3,(H,24,26). The monoisotopic (exact) mass is 368 g/mol. The van der Waals surface area contributed by atoms with Gasteiger partial charge in [-0.05, 0) is 39.8 Å². The molecule has 1 aromatic carbocycles. The van der Waals surface area contributed by atoms with Gasteiger partial charge in [-0.15, -0.1) is 0 Å². The number of nitrogens with zero attached hydrogens (tertiary/aromatic N) is 3. The minimum atomic E-state index is -0.330. The van der Waals surface area contributed by atoms with Crippen molar-refractivity contribution in [2.45, 2.75) is 33.2 Å². The van der Waals surface area contributed by atoms with Gasteiger partial charge in [-0.3, -0.25) is 14.7 Å². The Morgan fingerprint density at radius 1 is 1.26 bits per heavy atom. The first-order valence-electron chi connectivity index (χ1n) is 9.37. The number of benzene rings is 1. The molecule has 0 unspecified atom stereocenters. The van der Waals surface area contributed by atoms with Crippen molar-refractivity contribution in [3.05, 3.63) is 47.4 Å². The maximum atomic E-state index is 12.8. The highest BCUT2D eigenvalue weighted by molar-refractivity contribution is 5.95. The Kier molecular flexibility index (Phi) is 5.87. The fraction of sp³-hybridized carbons (Fsp3) is 0.476. The number of rotatable bonds is 5. The second-order valence-corrected chi connectivity index (χ2v) is 7.75. The third-order valence-corrected chi connectivity index (χ3v) is 4.65. The quantitative estimate of drug-likeness (QED) is 0.879. The van der Waals surface area contributed by atoms with Crippen molar-refractivity contribution in [2.24, 2.45) is 0 Å². The van der Waals surface area contributed by atoms with E-state index in [1.54, 1.807) is 6.20 Å². The average molecular weight is 368 g/mol. The molecule has 1 fully saturated rings. The van der Waals surface area contributed by atoms with E-state index in [0.29, 0.717) is 5.56 Å². The topological polar surface area (TPSA) is 67.4 Å². The number of aromatic nitrogens is 2. The van der Waals surface area contributed by atoms with Crippen molar-refractivity contribution in [1.29, 1.82) is 0 Å². The van der Waals surface area contributed by atoms with Gasteiger partial charge in [0.1, 0.15) is 0 Å². The number of hydrogen-bond acceptors (Lipinski definition) is 5. The number of amides is 1. The van der Waals surface area contributed by atoms with Gasteiger partial charge in [0.25, 0.3) is 5.91 Å². The fourth-order valence-corrected chi connectivity index (χ4v) is 3.36. The van der Waals surface area contributed by atoms with Crippen LogP contribution in [0.3, 0.4) is 0 Å². The smallest absolute Gasteiger partial charge is 0.251 e. The first-order chi connectivity index (χ1) is 12.8. The van der Waals surface area contributed by atoms with Crippen LogP contribution < -0.4 is 5.32 Å². The van der Waals surface area contributed by atoms with Crippen molar-refractivity contribution < 1.29 is 9.53 Å². The molecule has 2 heterocycles. The summed E-state index contributed by atoms with van der Waals surface area (Å²) < 4.78 is 5.40. The zero-order chi connectivity index (χ0) is 19.4. The van der Waals surface area contributed by atoms with Crippen LogP contribution in [0.25, 0.3) is 11.3 Å². The molecule has 3 rings (SSSR count). The maximum Gasteiger partial charge on any atom is 0.251 e. The second-order valence-electron chi connectivity index (χ2n) is 7.75. The van der Waals surface area contributed by atoms with E-state index in [9.17, 15) is 4.79 Å². The highest BCUT2D eigenvalue weighted by atomic mass is 16.5. The Morgan fingerprint density at radius 2 is 2.00 bits per heavy atom. The van der Waals surface area contributed by atoms with E-state index in [0.717, 1.165) is 55.5 Å². The summed E-state index contributed by atoms with van der Waals surface area (Å²) in [5.74, 6) is -0.0756. The summed E-state index contributed by atoms with van der Waals surface area (Å²) in [6.45, 7) is 12.1. The highest BCUT2D eigenvalue weighted by Crippen LogP contribution is 2.21. The molecular formula is C21H28N4O2. The zero-order valence-corrected chi connectivity index (χ0v) is 16.6. The third kappa shape index (κ3) is 5.11. The van der Waals surface area contributed by atoms with Crippen LogP contribution >= 0.6 is 0 Å². The summed E-state index contributed by atoms with van der Waals surface area (Å²) >= 11 is 0. The van der Waals surface area contributed by atoms with Crippen LogP contribution in [0.5, 0.6) is 0 Å². The lowest BCUT2D eigenvalue weighted by Gasteiger charge is -2.35. The van der Waals surface area contributed by atoms with Crippen LogP contribution in [-0.4, -0.2) is 59.2 Å². The van der Waals surface area contributed by atoms with E-state index in [-0.39, 0.29) is 11.4 Å². The molecule has 1 N–H and O–H groups in total. The molecule has 144 valence electrons. The van der Waals surface area contributed by atoms with Gasteiger partial charge in [-0.2, -0.15) is 0 Å². The summed E-state index contributed by atoms with van der Waals surface area (Å²) in [5, 5.41) is 3.17. The lowest BCUT2D eigenvalue weighted by molar-refractivity contribution is 0.0269. The van der Waals surface area contributed by atoms with Crippen LogP contribution in [0, 0.1) is 13.8 Å². The molecule has 27 heavy (non-hydrogen) atoms. The van der Waals surface area contributed by atoms with Crippen molar-refractivity contribution in [2.75, 3.05) is 32.8 Å². The lowest BCUT2D eigenvalue weighted by atomic mass is 10.0. The van der Waals surface area contributed by atoms with E-state index >= 15 is 0 Å². The van der Waals surface area contributed by atoms with E-state index in [4.69, 9.17) is 4.74 Å². The van der Waals surface area contributed by atoms with Gasteiger partial charge >= 0.3 is 0 Å². The van der Waals surface area contributed by atoms with Gasteiger partial charge in [0.05, 0.1) is 30.3 Å². The van der Waals surface area contributed by atoms with Gasteiger partial charge in [-0.25, -0.2) is 4.98 Å². The van der Waals surface area contributed by atoms with Crippen LogP contribution in [0.1, 0.15) is 35.6 Å². The molecule has 1 aliphatic rings. The average Bonchev–Trinajstić information content (AvgIpc) is 2.64. The number of morpholine rings is 1. The van der Waals surface area contributed by atoms with Crippen molar-refractivity contribution in [3.8, 4) is 11.3 Å². The summed E-state index contributed by atoms with van der Waals surface area (Å²) in [5.41, 5.74) is 3.73. The SMILES string of the molecule is Cc1cnc(C)c(-c2cccc(C(=O)NC(C)(C)CN3CCOCC3)c2)n1. The Bertz CT molecular complexity index is 814. The number of carbonyl (C=O) groups excluding carboxylic acids is 1. The van der Waals surface area contributed by atoms with Gasteiger partial charge in [0.2, 0.25) is 0 Å². The van der Waals surface area contributed by atoms with E-state index in [1.807, 2.05) is 38.1 Å². The molecule has 0 bridgehead atoms. The van der Waals surface area contributed by atoms with Gasteiger partial charge in [0, 0.05) is 42.5 Å². The molecular weight excluding hydrogens is 340 g/mol. The van der Waals surface area contributed by atoms with Gasteiger partial charge < -0.3 is 10.1 Å². The Balaban J connectivity index is 1.74. The largest absolute Gasteiger partial charge is 0.379 e. The highest BCUT2D eigenvalue weighted by Gasteiger charge is 2.25. The second kappa shape index (κ2) is 8.15. The molecule has 0 saturated carbocycles. The molecule has 6 heteroatoms. The minimum Gasteiger partial charge on any atom is -0.379 e. The van der Waals surface area contributed by atoms with E-state index in [2.05, 4.69) is 34.0 Å². The zero-order valence-electron chi connectivity index (χ0n) is 16.6. The van der Waals surface area contributed by atoms with Gasteiger partial charge in [0.15, 0.2) is 0 Å². The van der Waals surface area contributed by atoms with E-state index < -0.39 is 0 Å². The normalized spacial score (nSPS) is 15.6. The molecule has 2 aromatic rings. The predicted molar refractivity (Wildman–Crippen MR) is 106 cm³/mol. The fourth-order valence-electron chi connectivity index (χ4n) is 3.36. The number of hydrogen-bond donors (Lipinski definition) is 1. The Hall–Kier alpha value is -2.31. The van der Waals surface area contributed by atoms with Crippen molar-refractivity contribution in [1.82, 2.24) is 20.2 Å². The molecule has 0 atom stereocenters. The number of carbonyl (C=O) groups is 1. The van der Waals surface area contributed by atoms with Crippen molar-refractivity contribution >= 4 is 5.91 Å². The van der Waals surface area contributed by atoms with Crippen LogP contribution in [0.2, 0.25) is 0 Å². The molecule has 6 nitrogen and oxygen atoms in total. The minimum absolute atomic E-state index is 0.0756. The first-order valence-corrected chi connectivity index (χ1v) is 9.37. The molecule has 0 aliphatic carbocycles. The molecule has 0 radical (unpaired) electrons. The summed E-state index contributed by atoms with van der Waals surface area (Å²) in [6, 6.07) is 7.58. The summed E-state index contributed by atoms with van der Waals surface area (Å²) in [4.78, 5) is 24.1. The Morgan fingerprint density at radius 3 is 2.74 bits per heavy atom. The number of nitrogens with one attached hydrogen (secondary N) is 1. The lowest BCUT2D eigenvalue weighted by Crippen LogP contribution is -2.53. The van der Waals surface area contributed by atoms with Gasteiger partial charge in [-0.1, -0.05) is 12.1 Å². The molecule has 1 aliphatic heterocycles. The van der Waals surface area contributed by atoms with E-state index in [1.165, 1.54) is 0 Å². The number of aryl methyl sites for hydroxylation is 2. The van der Waals surface area contributed by atoms with Crippen LogP contribution in [-0.2, 0) is 4.74 Å². The third-order valence-electron chi connectivity index (χ3n) is 4.65. The molecule has 1 amide bonds. The van der Waals surface area contributed by atoms with Crippen LogP contribution in [0.15, 0.2) is 30.5 Å².